The molecule has 4 amide bonds. The van der Waals surface area contributed by atoms with E-state index in [0.717, 1.165) is 0 Å². The maximum absolute atomic E-state index is 13.3. The molecule has 2 aliphatic heterocycles. The number of nitrogens with zero attached hydrogens (tertiary/aromatic N) is 2. The molecule has 0 radical (unpaired) electrons. The second-order valence-corrected chi connectivity index (χ2v) is 17.6. The number of imide groups is 2. The number of rotatable bonds is 19. The summed E-state index contributed by atoms with van der Waals surface area (Å²) in [5.41, 5.74) is -5.83. The molecule has 2 fully saturated rings. The van der Waals surface area contributed by atoms with Crippen molar-refractivity contribution in [3.05, 3.63) is 0 Å². The van der Waals surface area contributed by atoms with E-state index >= 15 is 0 Å². The summed E-state index contributed by atoms with van der Waals surface area (Å²) in [5, 5.41) is 1.01. The van der Waals surface area contributed by atoms with Crippen molar-refractivity contribution in [3.8, 4) is 0 Å². The van der Waals surface area contributed by atoms with Crippen LogP contribution in [0.5, 0.6) is 0 Å². The first kappa shape index (κ1) is 43.5. The van der Waals surface area contributed by atoms with Crippen LogP contribution in [-0.2, 0) is 57.5 Å². The first-order valence-corrected chi connectivity index (χ1v) is 17.6. The van der Waals surface area contributed by atoms with Crippen LogP contribution in [0.3, 0.4) is 0 Å². The van der Waals surface area contributed by atoms with Gasteiger partial charge in [0.2, 0.25) is 0 Å². The number of amides is 4. The Kier molecular flexibility index (Phi) is 13.6. The summed E-state index contributed by atoms with van der Waals surface area (Å²) in [6, 6.07) is 0. The van der Waals surface area contributed by atoms with Gasteiger partial charge in [-0.2, -0.15) is 0 Å². The van der Waals surface area contributed by atoms with Crippen LogP contribution in [0.4, 0.5) is 0 Å². The molecule has 0 spiro atoms. The molecule has 0 aromatic rings. The van der Waals surface area contributed by atoms with E-state index in [2.05, 4.69) is 0 Å². The highest BCUT2D eigenvalue weighted by Gasteiger charge is 2.46. The van der Waals surface area contributed by atoms with E-state index in [9.17, 15) is 38.4 Å². The Bertz CT molecular complexity index is 1370. The predicted molar refractivity (Wildman–Crippen MR) is 182 cm³/mol. The lowest BCUT2D eigenvalue weighted by molar-refractivity contribution is -0.206. The van der Waals surface area contributed by atoms with Crippen LogP contribution in [0, 0.1) is 21.7 Å². The minimum absolute atomic E-state index is 0.00317. The van der Waals surface area contributed by atoms with Crippen molar-refractivity contribution in [1.29, 1.82) is 0 Å². The number of hydrogen-bond donors (Lipinski definition) is 0. The van der Waals surface area contributed by atoms with E-state index in [1.54, 1.807) is 69.2 Å². The van der Waals surface area contributed by atoms with E-state index in [4.69, 9.17) is 19.1 Å². The third-order valence-corrected chi connectivity index (χ3v) is 9.29. The van der Waals surface area contributed by atoms with Crippen molar-refractivity contribution >= 4 is 47.3 Å². The van der Waals surface area contributed by atoms with Gasteiger partial charge in [0.15, 0.2) is 0 Å². The number of Topliss-reactive ketones (excluding diaryl/α,β-unsaturated/α-hetero) is 1. The minimum atomic E-state index is -1.21. The summed E-state index contributed by atoms with van der Waals surface area (Å²) in [4.78, 5) is 110. The molecule has 2 rings (SSSR count). The summed E-state index contributed by atoms with van der Waals surface area (Å²) < 4.78 is 12.0. The number of carbonyl (C=O) groups is 8. The highest BCUT2D eigenvalue weighted by molar-refractivity contribution is 6.02. The third-order valence-electron chi connectivity index (χ3n) is 9.29. The largest absolute Gasteiger partial charge is 0.459 e. The number of ether oxygens (including phenoxy) is 2. The molecule has 51 heavy (non-hydrogen) atoms. The molecular formula is C37H58N2O12. The van der Waals surface area contributed by atoms with Crippen LogP contribution in [0.25, 0.3) is 0 Å². The molecule has 2 saturated heterocycles. The quantitative estimate of drug-likeness (QED) is 0.124. The van der Waals surface area contributed by atoms with Gasteiger partial charge in [-0.15, -0.1) is 10.1 Å². The van der Waals surface area contributed by atoms with Crippen molar-refractivity contribution in [1.82, 2.24) is 10.1 Å². The molecule has 0 saturated carbocycles. The predicted octanol–water partition coefficient (Wildman–Crippen LogP) is 5.33. The highest BCUT2D eigenvalue weighted by atomic mass is 16.7. The van der Waals surface area contributed by atoms with Gasteiger partial charge in [0.1, 0.15) is 11.4 Å². The molecule has 0 aliphatic carbocycles. The summed E-state index contributed by atoms with van der Waals surface area (Å²) in [6.07, 6.45) is 1.85. The van der Waals surface area contributed by atoms with Crippen LogP contribution in [0.2, 0.25) is 0 Å². The molecule has 288 valence electrons. The first-order chi connectivity index (χ1) is 23.0. The van der Waals surface area contributed by atoms with Gasteiger partial charge < -0.3 is 19.1 Å². The second-order valence-electron chi connectivity index (χ2n) is 17.6. The molecule has 0 N–H and O–H groups in total. The van der Waals surface area contributed by atoms with Crippen LogP contribution in [0.1, 0.15) is 147 Å². The van der Waals surface area contributed by atoms with Crippen LogP contribution >= 0.6 is 0 Å². The maximum atomic E-state index is 13.3. The van der Waals surface area contributed by atoms with E-state index in [1.807, 2.05) is 13.8 Å². The zero-order chi connectivity index (χ0) is 39.4. The Hall–Kier alpha value is -3.68. The normalized spacial score (nSPS) is 16.5. The Labute approximate surface area is 301 Å². The van der Waals surface area contributed by atoms with Crippen molar-refractivity contribution in [3.63, 3.8) is 0 Å². The lowest BCUT2D eigenvalue weighted by atomic mass is 9.72. The van der Waals surface area contributed by atoms with Gasteiger partial charge in [0, 0.05) is 43.9 Å². The van der Waals surface area contributed by atoms with Gasteiger partial charge in [-0.05, 0) is 94.9 Å². The zero-order valence-corrected chi connectivity index (χ0v) is 32.6. The summed E-state index contributed by atoms with van der Waals surface area (Å²) in [7, 11) is 0. The molecule has 0 unspecified atom stereocenters. The monoisotopic (exact) mass is 722 g/mol. The Morgan fingerprint density at radius 2 is 0.902 bits per heavy atom. The van der Waals surface area contributed by atoms with E-state index in [0.29, 0.717) is 29.4 Å². The maximum Gasteiger partial charge on any atom is 0.338 e. The van der Waals surface area contributed by atoms with Crippen molar-refractivity contribution in [2.24, 2.45) is 21.7 Å². The summed E-state index contributed by atoms with van der Waals surface area (Å²) >= 11 is 0. The van der Waals surface area contributed by atoms with Gasteiger partial charge in [-0.25, -0.2) is 9.59 Å². The summed E-state index contributed by atoms with van der Waals surface area (Å²) in [6.45, 7) is 20.8. The van der Waals surface area contributed by atoms with E-state index in [-0.39, 0.29) is 57.3 Å². The van der Waals surface area contributed by atoms with Gasteiger partial charge >= 0.3 is 17.9 Å². The zero-order valence-electron chi connectivity index (χ0n) is 32.6. The number of hydrogen-bond acceptors (Lipinski definition) is 12. The molecule has 2 heterocycles. The number of carbonyl (C=O) groups excluding carboxylic acids is 8. The molecule has 0 atom stereocenters. The fourth-order valence-electron chi connectivity index (χ4n) is 6.35. The van der Waals surface area contributed by atoms with Crippen LogP contribution < -0.4 is 0 Å². The molecule has 0 aromatic carbocycles. The average molecular weight is 723 g/mol. The molecule has 0 bridgehead atoms. The minimum Gasteiger partial charge on any atom is -0.459 e. The molecule has 2 aliphatic rings. The van der Waals surface area contributed by atoms with E-state index < -0.39 is 74.4 Å². The third kappa shape index (κ3) is 12.2. The lowest BCUT2D eigenvalue weighted by Gasteiger charge is -2.35. The van der Waals surface area contributed by atoms with Gasteiger partial charge in [-0.3, -0.25) is 28.8 Å². The lowest BCUT2D eigenvalue weighted by Crippen LogP contribution is -2.43. The fraction of sp³-hybridized carbons (Fsp3) is 0.784. The van der Waals surface area contributed by atoms with Crippen molar-refractivity contribution in [2.45, 2.75) is 158 Å². The first-order valence-electron chi connectivity index (χ1n) is 17.6. The number of hydroxylamine groups is 4. The van der Waals surface area contributed by atoms with Gasteiger partial charge in [-0.1, -0.05) is 13.8 Å². The smallest absolute Gasteiger partial charge is 0.338 e. The van der Waals surface area contributed by atoms with Gasteiger partial charge in [0.05, 0.1) is 28.5 Å². The number of ketones is 1. The van der Waals surface area contributed by atoms with Gasteiger partial charge in [0.25, 0.3) is 23.6 Å². The number of esters is 1. The average Bonchev–Trinajstić information content (AvgIpc) is 3.45. The highest BCUT2D eigenvalue weighted by Crippen LogP contribution is 2.39. The molecular weight excluding hydrogens is 664 g/mol. The van der Waals surface area contributed by atoms with Crippen molar-refractivity contribution in [2.75, 3.05) is 6.61 Å². The van der Waals surface area contributed by atoms with E-state index in [1.165, 1.54) is 0 Å². The molecule has 0 aromatic heterocycles. The second kappa shape index (κ2) is 15.9. The Morgan fingerprint density at radius 3 is 1.31 bits per heavy atom. The van der Waals surface area contributed by atoms with Crippen LogP contribution in [0.15, 0.2) is 0 Å². The summed E-state index contributed by atoms with van der Waals surface area (Å²) in [5.74, 6) is -4.41. The molecule has 14 nitrogen and oxygen atoms in total. The standard InChI is InChI=1S/C37H58N2O12/c1-32(2,22-34(5,6)30(46)50-38-25(41)15-16-26(38)42)24(40)14-13-19-36(9,10)48-21-20-37(11,12)49-29(45)33(3,4)23-35(7,8)31(47)51-39-27(43)17-18-28(39)44/h13-23H2,1-12H3. The topological polar surface area (TPSA) is 180 Å². The van der Waals surface area contributed by atoms with Crippen LogP contribution in [-0.4, -0.2) is 75.3 Å². The molecule has 14 heteroatoms. The Morgan fingerprint density at radius 1 is 0.529 bits per heavy atom. The van der Waals surface area contributed by atoms with Crippen molar-refractivity contribution < 1.29 is 57.5 Å². The Balaban J connectivity index is 1.83. The fourth-order valence-corrected chi connectivity index (χ4v) is 6.35. The SMILES string of the molecule is CC(C)(CCCC(=O)C(C)(C)CC(C)(C)C(=O)ON1C(=O)CCC1=O)OCCC(C)(C)OC(=O)C(C)(C)CC(C)(C)C(=O)ON1C(=O)CCC1=O.